The molecule has 0 radical (unpaired) electrons. The zero-order valence-electron chi connectivity index (χ0n) is 24.1. The smallest absolute Gasteiger partial charge is 0.437 e. The Bertz CT molecular complexity index is 1400. The van der Waals surface area contributed by atoms with Crippen LogP contribution in [0.25, 0.3) is 5.52 Å². The fourth-order valence-electron chi connectivity index (χ4n) is 3.66. The number of phosphoric acid groups is 1. The predicted molar refractivity (Wildman–Crippen MR) is 139 cm³/mol. The molecule has 0 unspecified atom stereocenters. The van der Waals surface area contributed by atoms with Crippen molar-refractivity contribution in [3.05, 3.63) is 23.9 Å². The van der Waals surface area contributed by atoms with Crippen LogP contribution in [-0.4, -0.2) is 80.5 Å². The second kappa shape index (κ2) is 12.8. The summed E-state index contributed by atoms with van der Waals surface area (Å²) in [6, 6.07) is 2.49. The van der Waals surface area contributed by atoms with E-state index in [1.54, 1.807) is 53.1 Å². The van der Waals surface area contributed by atoms with Crippen LogP contribution in [0.2, 0.25) is 0 Å². The molecule has 0 bridgehead atoms. The maximum absolute atomic E-state index is 14.8. The number of halogens is 1. The fraction of sp³-hybridized carbons (Fsp3) is 0.625. The molecular weight excluding hydrogens is 600 g/mol. The molecule has 1 saturated heterocycles. The van der Waals surface area contributed by atoms with Crippen molar-refractivity contribution >= 4 is 31.1 Å². The first kappa shape index (κ1) is 34.2. The van der Waals surface area contributed by atoms with Crippen LogP contribution in [0.15, 0.2) is 12.4 Å². The van der Waals surface area contributed by atoms with Gasteiger partial charge in [-0.3, -0.25) is 24.8 Å². The molecule has 3 heterocycles. The first-order valence-corrected chi connectivity index (χ1v) is 14.1. The molecule has 43 heavy (non-hydrogen) atoms. The number of aliphatic hydroxyl groups is 2. The minimum Gasteiger partial charge on any atom is -0.437 e. The molecule has 1 aliphatic rings. The molecule has 0 aromatic carbocycles. The highest BCUT2D eigenvalue weighted by atomic mass is 31.2. The molecule has 19 heteroatoms. The van der Waals surface area contributed by atoms with Gasteiger partial charge in [0, 0.05) is 6.07 Å². The van der Waals surface area contributed by atoms with E-state index in [1.165, 1.54) is 0 Å². The number of fused-ring (bicyclic) bond motifs is 1. The van der Waals surface area contributed by atoms with Gasteiger partial charge in [-0.1, -0.05) is 0 Å². The summed E-state index contributed by atoms with van der Waals surface area (Å²) in [6.07, 6.45) is -4.58. The highest BCUT2D eigenvalue weighted by molar-refractivity contribution is 7.48. The van der Waals surface area contributed by atoms with Crippen LogP contribution in [0, 0.1) is 28.0 Å². The van der Waals surface area contributed by atoms with Crippen molar-refractivity contribution in [3.63, 3.8) is 0 Å². The Morgan fingerprint density at radius 1 is 1.14 bits per heavy atom. The van der Waals surface area contributed by atoms with Gasteiger partial charge in [0.2, 0.25) is 19.2 Å². The summed E-state index contributed by atoms with van der Waals surface area (Å²) in [7, 11) is -4.74. The van der Waals surface area contributed by atoms with Crippen molar-refractivity contribution in [2.75, 3.05) is 25.7 Å². The number of nitriles is 1. The Morgan fingerprint density at radius 2 is 1.70 bits per heavy atom. The van der Waals surface area contributed by atoms with Gasteiger partial charge in [-0.25, -0.2) is 27.5 Å². The number of anilines is 1. The number of hydrogen-bond acceptors (Lipinski definition) is 16. The average Bonchev–Trinajstić information content (AvgIpc) is 3.40. The fourth-order valence-corrected chi connectivity index (χ4v) is 4.58. The molecule has 4 N–H and O–H groups in total. The maximum atomic E-state index is 14.8. The molecule has 1 fully saturated rings. The number of aromatic nitrogens is 3. The number of nitrogens with one attached hydrogen (secondary N) is 1. The number of carbonyl (C=O) groups excluding carboxylic acids is 2. The minimum absolute atomic E-state index is 0.366. The Balaban J connectivity index is 1.82. The van der Waals surface area contributed by atoms with E-state index in [2.05, 4.69) is 10.1 Å². The van der Waals surface area contributed by atoms with Gasteiger partial charge in [-0.2, -0.15) is 10.4 Å². The van der Waals surface area contributed by atoms with Crippen LogP contribution in [-0.2, 0) is 47.5 Å². The number of aliphatic hydroxyl groups excluding tert-OH is 2. The molecular formula is C24H33FN5O12P. The molecule has 0 amide bonds. The lowest BCUT2D eigenvalue weighted by molar-refractivity contribution is -0.163. The molecule has 17 nitrogen and oxygen atoms in total. The summed E-state index contributed by atoms with van der Waals surface area (Å²) in [4.78, 5) is 27.8. The highest BCUT2D eigenvalue weighted by Crippen LogP contribution is 2.51. The Hall–Kier alpha value is -3.27. The van der Waals surface area contributed by atoms with Crippen LogP contribution in [0.3, 0.4) is 0 Å². The summed E-state index contributed by atoms with van der Waals surface area (Å²) in [6.45, 7) is 6.70. The van der Waals surface area contributed by atoms with Crippen LogP contribution in [0.4, 0.5) is 10.2 Å². The third-order valence-corrected chi connectivity index (χ3v) is 7.35. The van der Waals surface area contributed by atoms with Crippen LogP contribution < -0.4 is 5.48 Å². The van der Waals surface area contributed by atoms with Gasteiger partial charge in [0.1, 0.15) is 36.2 Å². The molecule has 4 atom stereocenters. The van der Waals surface area contributed by atoms with Crippen molar-refractivity contribution in [3.8, 4) is 6.07 Å². The monoisotopic (exact) mass is 633 g/mol. The third-order valence-electron chi connectivity index (χ3n) is 6.04. The zero-order chi connectivity index (χ0) is 32.4. The number of hydrogen-bond donors (Lipinski definition) is 4. The molecule has 0 saturated carbocycles. The lowest BCUT2D eigenvalue weighted by atomic mass is 9.92. The SMILES string of the molecule is CC(C)(C)C(=O)OCOP(=O)(OCOC(=O)C(C)(C)C)OC[C@H]1O[C@@](C#N)(c2cc(F)c3c(NO)ncnn23)[C@H](O)[C@@H]1O. The van der Waals surface area contributed by atoms with Crippen molar-refractivity contribution in [2.45, 2.75) is 65.5 Å². The van der Waals surface area contributed by atoms with E-state index in [0.717, 1.165) is 16.9 Å². The third kappa shape index (κ3) is 7.28. The topological polar surface area (TPSA) is 233 Å². The Labute approximate surface area is 245 Å². The molecule has 2 aromatic rings. The second-order valence-electron chi connectivity index (χ2n) is 11.4. The number of rotatable bonds is 11. The number of carbonyl (C=O) groups is 2. The first-order chi connectivity index (χ1) is 19.9. The number of ether oxygens (including phenoxy) is 3. The van der Waals surface area contributed by atoms with Gasteiger partial charge < -0.3 is 24.4 Å². The highest BCUT2D eigenvalue weighted by Gasteiger charge is 2.58. The van der Waals surface area contributed by atoms with Gasteiger partial charge >= 0.3 is 19.8 Å². The van der Waals surface area contributed by atoms with E-state index in [4.69, 9.17) is 27.8 Å². The molecule has 238 valence electrons. The number of phosphoric ester groups is 1. The minimum atomic E-state index is -4.74. The van der Waals surface area contributed by atoms with Crippen LogP contribution in [0.5, 0.6) is 0 Å². The molecule has 0 aliphatic carbocycles. The van der Waals surface area contributed by atoms with Crippen molar-refractivity contribution in [1.82, 2.24) is 14.6 Å². The quantitative estimate of drug-likeness (QED) is 0.119. The van der Waals surface area contributed by atoms with E-state index in [9.17, 15) is 39.2 Å². The van der Waals surface area contributed by atoms with E-state index < -0.39 is 86.0 Å². The van der Waals surface area contributed by atoms with Gasteiger partial charge in [0.15, 0.2) is 11.6 Å². The van der Waals surface area contributed by atoms with Gasteiger partial charge in [-0.05, 0) is 41.5 Å². The molecule has 1 aliphatic heterocycles. The lowest BCUT2D eigenvalue weighted by Gasteiger charge is -2.24. The predicted octanol–water partition coefficient (Wildman–Crippen LogP) is 1.76. The molecule has 0 spiro atoms. The maximum Gasteiger partial charge on any atom is 0.480 e. The van der Waals surface area contributed by atoms with Crippen molar-refractivity contribution < 1.29 is 61.7 Å². The summed E-state index contributed by atoms with van der Waals surface area (Å²) in [5.41, 5.74) is -3.41. The van der Waals surface area contributed by atoms with Crippen molar-refractivity contribution in [1.29, 1.82) is 5.26 Å². The first-order valence-electron chi connectivity index (χ1n) is 12.7. The summed E-state index contributed by atoms with van der Waals surface area (Å²) in [5, 5.41) is 44.8. The van der Waals surface area contributed by atoms with E-state index in [1.807, 2.05) is 0 Å². The van der Waals surface area contributed by atoms with Gasteiger partial charge in [-0.15, -0.1) is 0 Å². The average molecular weight is 634 g/mol. The molecule has 2 aromatic heterocycles. The van der Waals surface area contributed by atoms with E-state index in [0.29, 0.717) is 0 Å². The summed E-state index contributed by atoms with van der Waals surface area (Å²) < 4.78 is 59.8. The lowest BCUT2D eigenvalue weighted by Crippen LogP contribution is -2.41. The summed E-state index contributed by atoms with van der Waals surface area (Å²) >= 11 is 0. The van der Waals surface area contributed by atoms with Crippen LogP contribution in [0.1, 0.15) is 47.2 Å². The largest absolute Gasteiger partial charge is 0.480 e. The number of esters is 2. The van der Waals surface area contributed by atoms with Gasteiger partial charge in [0.25, 0.3) is 0 Å². The zero-order valence-corrected chi connectivity index (χ0v) is 25.0. The van der Waals surface area contributed by atoms with E-state index >= 15 is 0 Å². The Kier molecular flexibility index (Phi) is 10.2. The Morgan fingerprint density at radius 3 is 2.19 bits per heavy atom. The standard InChI is InChI=1S/C24H33FN5O12P/c1-22(2,3)20(33)37-11-40-43(36,41-12-38-21(34)23(4,5)6)39-8-14-17(31)18(32)24(9-26,42-14)15-7-13(25)16-19(29-35)27-10-28-30(15)16/h7,10,14,17-18,31-32,35H,8,11-12H2,1-6H3,(H,27,28,29)/t14-,17-,18-,24+/m1/s1. The second-order valence-corrected chi connectivity index (χ2v) is 13.1. The van der Waals surface area contributed by atoms with Gasteiger partial charge in [0.05, 0.1) is 23.1 Å². The summed E-state index contributed by atoms with van der Waals surface area (Å²) in [5.74, 6) is -2.81. The van der Waals surface area contributed by atoms with Crippen LogP contribution >= 0.6 is 7.82 Å². The number of nitrogens with zero attached hydrogens (tertiary/aromatic N) is 4. The molecule has 3 rings (SSSR count). The van der Waals surface area contributed by atoms with Crippen molar-refractivity contribution in [2.24, 2.45) is 10.8 Å². The normalized spacial score (nSPS) is 22.8. The van der Waals surface area contributed by atoms with E-state index in [-0.39, 0.29) is 11.5 Å².